The van der Waals surface area contributed by atoms with Crippen molar-refractivity contribution in [3.05, 3.63) is 209 Å². The van der Waals surface area contributed by atoms with Crippen LogP contribution in [0.3, 0.4) is 0 Å². The number of phosphoric ester groups is 1. The van der Waals surface area contributed by atoms with Gasteiger partial charge in [0.15, 0.2) is 5.60 Å². The number of aliphatic hydroxyl groups is 1. The molecular weight excluding hydrogens is 947 g/mol. The number of hydrogen-bond acceptors (Lipinski definition) is 12. The summed E-state index contributed by atoms with van der Waals surface area (Å²) in [6, 6.07) is 41.2. The summed E-state index contributed by atoms with van der Waals surface area (Å²) >= 11 is 0. The number of halogens is 3. The Kier molecular flexibility index (Phi) is 15.1. The lowest BCUT2D eigenvalue weighted by molar-refractivity contribution is -0.207. The molecular formula is C53H53F3N9O6P. The Morgan fingerprint density at radius 2 is 1.39 bits per heavy atom. The highest BCUT2D eigenvalue weighted by Crippen LogP contribution is 2.53. The summed E-state index contributed by atoms with van der Waals surface area (Å²) in [7, 11) is -4.13. The number of tetrazole rings is 1. The molecule has 1 N–H and O–H groups in total. The first kappa shape index (κ1) is 49.9. The fraction of sp³-hybridized carbons (Fsp3) is 0.283. The van der Waals surface area contributed by atoms with Gasteiger partial charge in [-0.25, -0.2) is 27.7 Å². The molecule has 72 heavy (non-hydrogen) atoms. The lowest BCUT2D eigenvalue weighted by atomic mass is 9.84. The Morgan fingerprint density at radius 3 is 1.97 bits per heavy atom. The molecule has 1 saturated heterocycles. The van der Waals surface area contributed by atoms with E-state index < -0.39 is 55.1 Å². The highest BCUT2D eigenvalue weighted by atomic mass is 31.2. The average Bonchev–Trinajstić information content (AvgIpc) is 4.07. The Hall–Kier alpha value is -7.08. The Morgan fingerprint density at radius 1 is 0.778 bits per heavy atom. The molecule has 4 heterocycles. The minimum Gasteiger partial charge on any atom is -0.377 e. The van der Waals surface area contributed by atoms with Crippen LogP contribution in [0.25, 0.3) is 16.8 Å². The number of piperidine rings is 1. The third-order valence-electron chi connectivity index (χ3n) is 13.1. The van der Waals surface area contributed by atoms with E-state index in [1.54, 1.807) is 6.92 Å². The molecule has 1 fully saturated rings. The quantitative estimate of drug-likeness (QED) is 0.0720. The minimum atomic E-state index is -4.13. The first-order chi connectivity index (χ1) is 34.8. The summed E-state index contributed by atoms with van der Waals surface area (Å²) < 4.78 is 83.2. The third-order valence-corrected chi connectivity index (χ3v) is 14.6. The molecule has 8 aromatic rings. The summed E-state index contributed by atoms with van der Waals surface area (Å²) in [6.45, 7) is 4.43. The van der Waals surface area contributed by atoms with Crippen molar-refractivity contribution in [1.82, 2.24) is 39.5 Å². The molecule has 3 atom stereocenters. The van der Waals surface area contributed by atoms with Crippen LogP contribution in [0.2, 0.25) is 0 Å². The second-order valence-electron chi connectivity index (χ2n) is 17.7. The van der Waals surface area contributed by atoms with Crippen molar-refractivity contribution in [1.29, 1.82) is 0 Å². The number of hydrogen-bond donors (Lipinski definition) is 1. The van der Waals surface area contributed by atoms with Gasteiger partial charge in [0.25, 0.3) is 0 Å². The van der Waals surface area contributed by atoms with Gasteiger partial charge in [0.1, 0.15) is 24.2 Å². The van der Waals surface area contributed by atoms with Crippen molar-refractivity contribution in [3.63, 3.8) is 0 Å². The van der Waals surface area contributed by atoms with Crippen molar-refractivity contribution in [2.75, 3.05) is 18.0 Å². The van der Waals surface area contributed by atoms with Gasteiger partial charge in [-0.05, 0) is 101 Å². The van der Waals surface area contributed by atoms with Crippen molar-refractivity contribution in [2.24, 2.45) is 0 Å². The van der Waals surface area contributed by atoms with E-state index in [2.05, 4.69) is 30.5 Å². The van der Waals surface area contributed by atoms with Crippen molar-refractivity contribution < 1.29 is 36.4 Å². The molecule has 1 unspecified atom stereocenters. The topological polar surface area (TPSA) is 165 Å². The van der Waals surface area contributed by atoms with Crippen LogP contribution in [-0.2, 0) is 49.4 Å². The molecule has 19 heteroatoms. The van der Waals surface area contributed by atoms with Gasteiger partial charge in [-0.1, -0.05) is 116 Å². The molecule has 0 bridgehead atoms. The normalized spacial score (nSPS) is 15.3. The average molecular weight is 1000 g/mol. The predicted molar refractivity (Wildman–Crippen MR) is 264 cm³/mol. The van der Waals surface area contributed by atoms with Gasteiger partial charge in [-0.15, -0.1) is 5.10 Å². The summed E-state index contributed by atoms with van der Waals surface area (Å²) in [5.41, 5.74) is 0.971. The van der Waals surface area contributed by atoms with Crippen LogP contribution < -0.4 is 10.6 Å². The third kappa shape index (κ3) is 10.9. The monoisotopic (exact) mass is 999 g/mol. The van der Waals surface area contributed by atoms with E-state index in [1.165, 1.54) is 40.0 Å². The molecule has 3 aromatic heterocycles. The second kappa shape index (κ2) is 21.7. The van der Waals surface area contributed by atoms with E-state index in [0.29, 0.717) is 23.6 Å². The minimum absolute atomic E-state index is 0.00486. The number of pyridine rings is 1. The molecule has 372 valence electrons. The number of rotatable bonds is 20. The van der Waals surface area contributed by atoms with E-state index >= 15 is 8.78 Å². The number of alkyl halides is 2. The highest BCUT2D eigenvalue weighted by molar-refractivity contribution is 7.48. The standard InChI is InChI=1S/C53H53F3N9O6P/c1-3-49(38(2)71-72(68,69-33-39-12-6-4-7-13-39)70-34-40-14-8-5-9-15-40)65-51(66)64(37-59-65)46-25-20-41(21-26-46)43-28-30-62(31-29-43)45-23-18-42(19-24-45)44-22-27-50(57-32-44)53(55,56)52(67,35-63-36-58-60-61-63)47-16-10-11-17-48(47)54/h4-27,32,36-38,43,49,67H,3,28-31,33-35H2,1-2H3/t38-,49-,52?/m0/s1. The van der Waals surface area contributed by atoms with Crippen molar-refractivity contribution in [3.8, 4) is 16.8 Å². The maximum absolute atomic E-state index is 16.3. The van der Waals surface area contributed by atoms with Crippen molar-refractivity contribution >= 4 is 13.5 Å². The van der Waals surface area contributed by atoms with Crippen LogP contribution >= 0.6 is 7.82 Å². The fourth-order valence-electron chi connectivity index (χ4n) is 9.09. The van der Waals surface area contributed by atoms with Crippen LogP contribution in [0.5, 0.6) is 0 Å². The summed E-state index contributed by atoms with van der Waals surface area (Å²) in [6.07, 6.45) is 5.32. The molecule has 0 amide bonds. The van der Waals surface area contributed by atoms with E-state index in [1.807, 2.05) is 116 Å². The van der Waals surface area contributed by atoms with Gasteiger partial charge in [0.05, 0.1) is 37.6 Å². The van der Waals surface area contributed by atoms with Crippen LogP contribution in [0.15, 0.2) is 169 Å². The van der Waals surface area contributed by atoms with Gasteiger partial charge in [0.2, 0.25) is 0 Å². The van der Waals surface area contributed by atoms with Crippen LogP contribution in [0.1, 0.15) is 73.0 Å². The van der Waals surface area contributed by atoms with Crippen LogP contribution in [0, 0.1) is 5.82 Å². The van der Waals surface area contributed by atoms with Crippen molar-refractivity contribution in [2.45, 2.75) is 82.5 Å². The van der Waals surface area contributed by atoms with E-state index in [0.717, 1.165) is 83.1 Å². The smallest absolute Gasteiger partial charge is 0.377 e. The summed E-state index contributed by atoms with van der Waals surface area (Å²) in [5.74, 6) is -4.76. The SMILES string of the molecule is CC[C@@H]([C@H](C)OP(=O)(OCc1ccccc1)OCc1ccccc1)n1ncn(-c2ccc(C3CCN(c4ccc(-c5ccc(C(F)(F)C(O)(Cn6cnnn6)c6ccccc6F)nc5)cc4)CC3)cc2)c1=O. The molecule has 9 rings (SSSR count). The lowest BCUT2D eigenvalue weighted by Crippen LogP contribution is -2.48. The van der Waals surface area contributed by atoms with E-state index in [-0.39, 0.29) is 18.9 Å². The molecule has 0 radical (unpaired) electrons. The maximum atomic E-state index is 16.3. The summed E-state index contributed by atoms with van der Waals surface area (Å²) in [5, 5.41) is 26.6. The maximum Gasteiger partial charge on any atom is 0.475 e. The molecule has 1 aliphatic heterocycles. The van der Waals surface area contributed by atoms with Gasteiger partial charge >= 0.3 is 19.4 Å². The largest absolute Gasteiger partial charge is 0.475 e. The summed E-state index contributed by atoms with van der Waals surface area (Å²) in [4.78, 5) is 20.3. The molecule has 15 nitrogen and oxygen atoms in total. The Labute approximate surface area is 414 Å². The van der Waals surface area contributed by atoms with E-state index in [9.17, 15) is 18.9 Å². The number of anilines is 1. The van der Waals surface area contributed by atoms with Gasteiger partial charge in [0, 0.05) is 36.1 Å². The first-order valence-electron chi connectivity index (χ1n) is 23.6. The predicted octanol–water partition coefficient (Wildman–Crippen LogP) is 10.2. The zero-order valence-electron chi connectivity index (χ0n) is 39.6. The number of nitrogens with zero attached hydrogens (tertiary/aromatic N) is 9. The Balaban J connectivity index is 0.812. The zero-order chi connectivity index (χ0) is 50.3. The van der Waals surface area contributed by atoms with Gasteiger partial charge < -0.3 is 10.0 Å². The number of phosphoric acid groups is 1. The Bertz CT molecular complexity index is 3080. The first-order valence-corrected chi connectivity index (χ1v) is 25.1. The zero-order valence-corrected chi connectivity index (χ0v) is 40.5. The van der Waals surface area contributed by atoms with Crippen LogP contribution in [-0.4, -0.2) is 63.8 Å². The van der Waals surface area contributed by atoms with Gasteiger partial charge in [-0.2, -0.15) is 13.9 Å². The molecule has 0 spiro atoms. The molecule has 0 aliphatic carbocycles. The number of benzene rings is 5. The molecule has 0 saturated carbocycles. The molecule has 5 aromatic carbocycles. The number of aromatic nitrogens is 8. The van der Waals surface area contributed by atoms with Crippen LogP contribution in [0.4, 0.5) is 18.9 Å². The van der Waals surface area contributed by atoms with E-state index in [4.69, 9.17) is 13.6 Å². The lowest BCUT2D eigenvalue weighted by Gasteiger charge is -2.35. The van der Waals surface area contributed by atoms with Gasteiger partial charge in [-0.3, -0.25) is 18.6 Å². The second-order valence-corrected chi connectivity index (χ2v) is 19.4. The fourth-order valence-corrected chi connectivity index (χ4v) is 10.5. The molecule has 1 aliphatic rings. The highest BCUT2D eigenvalue weighted by Gasteiger charge is 2.58.